The minimum atomic E-state index is -1.09. The van der Waals surface area contributed by atoms with E-state index >= 15 is 0 Å². The summed E-state index contributed by atoms with van der Waals surface area (Å²) in [5.41, 5.74) is 7.17. The number of nitrogens with two attached hydrogens (primary N) is 1. The van der Waals surface area contributed by atoms with Crippen LogP contribution in [0.2, 0.25) is 0 Å². The minimum absolute atomic E-state index is 0.0124. The van der Waals surface area contributed by atoms with E-state index in [0.29, 0.717) is 5.56 Å². The van der Waals surface area contributed by atoms with Crippen LogP contribution in [0.5, 0.6) is 0 Å². The average molecular weight is 503 g/mol. The van der Waals surface area contributed by atoms with Gasteiger partial charge in [0.15, 0.2) is 0 Å². The van der Waals surface area contributed by atoms with E-state index in [4.69, 9.17) is 10.5 Å². The van der Waals surface area contributed by atoms with Crippen molar-refractivity contribution in [2.45, 2.75) is 103 Å². The lowest BCUT2D eigenvalue weighted by Gasteiger charge is -2.34. The molecule has 2 rings (SSSR count). The van der Waals surface area contributed by atoms with Crippen molar-refractivity contribution in [1.82, 2.24) is 15.5 Å². The first-order valence-corrected chi connectivity index (χ1v) is 12.7. The Morgan fingerprint density at radius 2 is 1.75 bits per heavy atom. The molecular formula is C27H42N4O5. The van der Waals surface area contributed by atoms with E-state index in [2.05, 4.69) is 10.6 Å². The summed E-state index contributed by atoms with van der Waals surface area (Å²) in [5.74, 6) is -1.37. The van der Waals surface area contributed by atoms with E-state index in [-0.39, 0.29) is 24.8 Å². The number of ether oxygens (including phenoxy) is 1. The number of likely N-dealkylation sites (N-methyl/N-ethyl adjacent to an activating group) is 1. The highest BCUT2D eigenvalue weighted by Crippen LogP contribution is 2.28. The maximum Gasteiger partial charge on any atom is 0.408 e. The lowest BCUT2D eigenvalue weighted by Crippen LogP contribution is -2.52. The molecule has 9 nitrogen and oxygen atoms in total. The maximum atomic E-state index is 13.7. The van der Waals surface area contributed by atoms with E-state index < -0.39 is 35.6 Å². The van der Waals surface area contributed by atoms with E-state index in [1.807, 2.05) is 32.0 Å². The fourth-order valence-electron chi connectivity index (χ4n) is 4.49. The fraction of sp³-hybridized carbons (Fsp3) is 0.630. The van der Waals surface area contributed by atoms with Crippen molar-refractivity contribution >= 4 is 23.8 Å². The predicted molar refractivity (Wildman–Crippen MR) is 138 cm³/mol. The van der Waals surface area contributed by atoms with Gasteiger partial charge in [-0.3, -0.25) is 14.4 Å². The molecule has 1 aromatic carbocycles. The standard InChI is InChI=1S/C27H42N4O5/c1-17-11-10-14-20(18(17)2)23(24(33)29-19-12-8-7-9-13-19)31(6)25(34)21(15-16-22(28)32)30-26(35)36-27(3,4)5/h10-11,14,19,21,23H,7-9,12-13,15-16H2,1-6H3,(H2,28,32)(H,29,33)(H,30,35). The van der Waals surface area contributed by atoms with E-state index in [1.165, 1.54) is 4.90 Å². The summed E-state index contributed by atoms with van der Waals surface area (Å²) in [7, 11) is 1.54. The molecule has 2 unspecified atom stereocenters. The van der Waals surface area contributed by atoms with Crippen LogP contribution >= 0.6 is 0 Å². The van der Waals surface area contributed by atoms with Crippen LogP contribution < -0.4 is 16.4 Å². The molecule has 1 saturated carbocycles. The van der Waals surface area contributed by atoms with Crippen LogP contribution in [-0.2, 0) is 19.1 Å². The second kappa shape index (κ2) is 12.7. The Labute approximate surface area is 214 Å². The number of aryl methyl sites for hydroxylation is 1. The van der Waals surface area contributed by atoms with Crippen molar-refractivity contribution < 1.29 is 23.9 Å². The zero-order valence-electron chi connectivity index (χ0n) is 22.5. The molecule has 0 heterocycles. The molecule has 9 heteroatoms. The quantitative estimate of drug-likeness (QED) is 0.476. The molecule has 0 bridgehead atoms. The van der Waals surface area contributed by atoms with E-state index in [0.717, 1.165) is 43.2 Å². The van der Waals surface area contributed by atoms with Crippen LogP contribution in [0.3, 0.4) is 0 Å². The van der Waals surface area contributed by atoms with Crippen molar-refractivity contribution in [3.8, 4) is 0 Å². The molecule has 0 aromatic heterocycles. The SMILES string of the molecule is Cc1cccc(C(C(=O)NC2CCCCC2)N(C)C(=O)C(CCC(N)=O)NC(=O)OC(C)(C)C)c1C. The third-order valence-corrected chi connectivity index (χ3v) is 6.54. The topological polar surface area (TPSA) is 131 Å². The average Bonchev–Trinajstić information content (AvgIpc) is 2.78. The fourth-order valence-corrected chi connectivity index (χ4v) is 4.49. The summed E-state index contributed by atoms with van der Waals surface area (Å²) >= 11 is 0. The Morgan fingerprint density at radius 3 is 2.33 bits per heavy atom. The van der Waals surface area contributed by atoms with Crippen LogP contribution in [-0.4, -0.2) is 53.4 Å². The molecule has 2 atom stereocenters. The molecule has 0 saturated heterocycles. The molecule has 0 aliphatic heterocycles. The van der Waals surface area contributed by atoms with Gasteiger partial charge >= 0.3 is 6.09 Å². The molecule has 1 aromatic rings. The molecule has 1 fully saturated rings. The van der Waals surface area contributed by atoms with Crippen molar-refractivity contribution in [2.75, 3.05) is 7.05 Å². The van der Waals surface area contributed by atoms with Gasteiger partial charge in [-0.2, -0.15) is 0 Å². The molecule has 1 aliphatic carbocycles. The molecule has 0 spiro atoms. The van der Waals surface area contributed by atoms with Gasteiger partial charge < -0.3 is 26.0 Å². The van der Waals surface area contributed by atoms with Crippen molar-refractivity contribution in [2.24, 2.45) is 5.73 Å². The number of alkyl carbamates (subject to hydrolysis) is 1. The van der Waals surface area contributed by atoms with Gasteiger partial charge in [0.05, 0.1) is 0 Å². The van der Waals surface area contributed by atoms with Crippen molar-refractivity contribution in [1.29, 1.82) is 0 Å². The Balaban J connectivity index is 2.37. The summed E-state index contributed by atoms with van der Waals surface area (Å²) < 4.78 is 5.32. The number of carbonyl (C=O) groups excluding carboxylic acids is 4. The number of hydrogen-bond donors (Lipinski definition) is 3. The largest absolute Gasteiger partial charge is 0.444 e. The number of hydrogen-bond acceptors (Lipinski definition) is 5. The van der Waals surface area contributed by atoms with Crippen LogP contribution in [0.15, 0.2) is 18.2 Å². The minimum Gasteiger partial charge on any atom is -0.444 e. The highest BCUT2D eigenvalue weighted by Gasteiger charge is 2.35. The predicted octanol–water partition coefficient (Wildman–Crippen LogP) is 3.41. The zero-order valence-corrected chi connectivity index (χ0v) is 22.5. The Morgan fingerprint density at radius 1 is 1.11 bits per heavy atom. The molecule has 4 amide bonds. The van der Waals surface area contributed by atoms with Crippen LogP contribution in [0.4, 0.5) is 4.79 Å². The van der Waals surface area contributed by atoms with Gasteiger partial charge in [-0.15, -0.1) is 0 Å². The third kappa shape index (κ3) is 8.53. The van der Waals surface area contributed by atoms with Gasteiger partial charge in [-0.25, -0.2) is 4.79 Å². The highest BCUT2D eigenvalue weighted by molar-refractivity contribution is 5.92. The number of carbonyl (C=O) groups is 4. The molecule has 36 heavy (non-hydrogen) atoms. The van der Waals surface area contributed by atoms with Gasteiger partial charge in [0.1, 0.15) is 17.7 Å². The van der Waals surface area contributed by atoms with E-state index in [9.17, 15) is 19.2 Å². The van der Waals surface area contributed by atoms with Gasteiger partial charge in [0.2, 0.25) is 17.7 Å². The van der Waals surface area contributed by atoms with Crippen LogP contribution in [0, 0.1) is 13.8 Å². The number of benzene rings is 1. The van der Waals surface area contributed by atoms with Crippen LogP contribution in [0.25, 0.3) is 0 Å². The molecule has 4 N–H and O–H groups in total. The Kier molecular flexibility index (Phi) is 10.3. The van der Waals surface area contributed by atoms with E-state index in [1.54, 1.807) is 27.8 Å². The Bertz CT molecular complexity index is 950. The number of nitrogens with one attached hydrogen (secondary N) is 2. The first-order valence-electron chi connectivity index (χ1n) is 12.7. The number of rotatable bonds is 9. The number of nitrogens with zero attached hydrogens (tertiary/aromatic N) is 1. The molecular weight excluding hydrogens is 460 g/mol. The maximum absolute atomic E-state index is 13.7. The highest BCUT2D eigenvalue weighted by atomic mass is 16.6. The third-order valence-electron chi connectivity index (χ3n) is 6.54. The lowest BCUT2D eigenvalue weighted by molar-refractivity contribution is -0.141. The summed E-state index contributed by atoms with van der Waals surface area (Å²) in [5, 5.41) is 5.71. The molecule has 1 aliphatic rings. The summed E-state index contributed by atoms with van der Waals surface area (Å²) in [4.78, 5) is 52.6. The zero-order chi connectivity index (χ0) is 27.0. The summed E-state index contributed by atoms with van der Waals surface area (Å²) in [6.45, 7) is 9.02. The molecule has 200 valence electrons. The van der Waals surface area contributed by atoms with Gasteiger partial charge in [-0.05, 0) is 70.6 Å². The molecule has 0 radical (unpaired) electrons. The number of primary amides is 1. The summed E-state index contributed by atoms with van der Waals surface area (Å²) in [6.07, 6.45) is 4.18. The van der Waals surface area contributed by atoms with Crippen molar-refractivity contribution in [3.05, 3.63) is 34.9 Å². The Hall–Kier alpha value is -3.10. The van der Waals surface area contributed by atoms with Gasteiger partial charge in [0.25, 0.3) is 0 Å². The summed E-state index contributed by atoms with van der Waals surface area (Å²) in [6, 6.07) is 3.73. The van der Waals surface area contributed by atoms with Crippen LogP contribution in [0.1, 0.15) is 88.4 Å². The second-order valence-corrected chi connectivity index (χ2v) is 10.7. The first-order chi connectivity index (χ1) is 16.8. The first kappa shape index (κ1) is 29.1. The van der Waals surface area contributed by atoms with Gasteiger partial charge in [-0.1, -0.05) is 37.5 Å². The monoisotopic (exact) mass is 502 g/mol. The normalized spacial score (nSPS) is 15.9. The number of amides is 4. The lowest BCUT2D eigenvalue weighted by atomic mass is 9.93. The smallest absolute Gasteiger partial charge is 0.408 e. The van der Waals surface area contributed by atoms with Crippen molar-refractivity contribution in [3.63, 3.8) is 0 Å². The second-order valence-electron chi connectivity index (χ2n) is 10.7. The van der Waals surface area contributed by atoms with Gasteiger partial charge in [0, 0.05) is 19.5 Å².